The number of para-hydroxylation sites is 2. The molecule has 0 amide bonds. The van der Waals surface area contributed by atoms with Gasteiger partial charge in [-0.15, -0.1) is 0 Å². The maximum absolute atomic E-state index is 5.57. The Morgan fingerprint density at radius 2 is 1.75 bits per heavy atom. The van der Waals surface area contributed by atoms with E-state index in [1.165, 1.54) is 37.4 Å². The highest BCUT2D eigenvalue weighted by molar-refractivity contribution is 5.75. The van der Waals surface area contributed by atoms with Crippen molar-refractivity contribution in [2.75, 3.05) is 45.9 Å². The number of imidazole rings is 1. The lowest BCUT2D eigenvalue weighted by molar-refractivity contribution is 0.120. The molecule has 1 aromatic heterocycles. The number of ether oxygens (including phenoxy) is 1. The van der Waals surface area contributed by atoms with Crippen LogP contribution in [0.25, 0.3) is 11.0 Å². The van der Waals surface area contributed by atoms with E-state index >= 15 is 0 Å². The Hall–Kier alpha value is -1.43. The van der Waals surface area contributed by atoms with Crippen LogP contribution in [-0.4, -0.2) is 65.3 Å². The van der Waals surface area contributed by atoms with E-state index in [9.17, 15) is 0 Å². The van der Waals surface area contributed by atoms with Gasteiger partial charge in [-0.2, -0.15) is 0 Å². The van der Waals surface area contributed by atoms with Crippen molar-refractivity contribution < 1.29 is 4.74 Å². The number of nitrogens with zero attached hydrogens (tertiary/aromatic N) is 4. The lowest BCUT2D eigenvalue weighted by Gasteiger charge is -2.34. The summed E-state index contributed by atoms with van der Waals surface area (Å²) in [6, 6.07) is 8.43. The predicted molar refractivity (Wildman–Crippen MR) is 98.2 cm³/mol. The Labute approximate surface area is 145 Å². The average molecular weight is 330 g/mol. The molecule has 5 nitrogen and oxygen atoms in total. The van der Waals surface area contributed by atoms with Crippen LogP contribution in [0.1, 0.15) is 26.1 Å². The molecule has 5 heteroatoms. The zero-order valence-electron chi connectivity index (χ0n) is 15.1. The quantitative estimate of drug-likeness (QED) is 0.697. The fourth-order valence-electron chi connectivity index (χ4n) is 3.48. The third kappa shape index (κ3) is 4.15. The van der Waals surface area contributed by atoms with E-state index in [1.807, 2.05) is 6.92 Å². The van der Waals surface area contributed by atoms with E-state index in [0.29, 0.717) is 0 Å². The smallest absolute Gasteiger partial charge is 0.124 e. The van der Waals surface area contributed by atoms with Gasteiger partial charge < -0.3 is 14.2 Å². The van der Waals surface area contributed by atoms with Crippen LogP contribution in [0.15, 0.2) is 24.3 Å². The molecular formula is C19H30N4O. The van der Waals surface area contributed by atoms with Crippen molar-refractivity contribution in [1.82, 2.24) is 19.4 Å². The molecule has 1 aliphatic heterocycles. The first-order chi connectivity index (χ1) is 11.8. The van der Waals surface area contributed by atoms with Crippen LogP contribution in [0, 0.1) is 0 Å². The Morgan fingerprint density at radius 1 is 1.00 bits per heavy atom. The van der Waals surface area contributed by atoms with E-state index < -0.39 is 0 Å². The highest BCUT2D eigenvalue weighted by atomic mass is 16.5. The van der Waals surface area contributed by atoms with Crippen molar-refractivity contribution in [3.63, 3.8) is 0 Å². The Balaban J connectivity index is 1.70. The molecule has 132 valence electrons. The molecule has 1 aliphatic rings. The molecule has 0 aliphatic carbocycles. The van der Waals surface area contributed by atoms with Crippen molar-refractivity contribution in [3.05, 3.63) is 30.1 Å². The molecule has 0 saturated carbocycles. The lowest BCUT2D eigenvalue weighted by Crippen LogP contribution is -2.46. The third-order valence-corrected chi connectivity index (χ3v) is 4.77. The Kier molecular flexibility index (Phi) is 6.24. The molecule has 1 aromatic carbocycles. The molecule has 1 saturated heterocycles. The van der Waals surface area contributed by atoms with Crippen LogP contribution in [0.2, 0.25) is 0 Å². The summed E-state index contributed by atoms with van der Waals surface area (Å²) in [5.41, 5.74) is 2.31. The van der Waals surface area contributed by atoms with Gasteiger partial charge in [0.2, 0.25) is 0 Å². The SMILES string of the molecule is CCCN1CCN(Cc2nc3ccccc3n2CCOCC)CC1. The van der Waals surface area contributed by atoms with Gasteiger partial charge in [-0.1, -0.05) is 19.1 Å². The first-order valence-electron chi connectivity index (χ1n) is 9.28. The largest absolute Gasteiger partial charge is 0.380 e. The van der Waals surface area contributed by atoms with Crippen LogP contribution in [-0.2, 0) is 17.8 Å². The molecule has 1 fully saturated rings. The summed E-state index contributed by atoms with van der Waals surface area (Å²) in [7, 11) is 0. The molecule has 0 N–H and O–H groups in total. The molecule has 2 aromatic rings. The molecule has 0 unspecified atom stereocenters. The Bertz CT molecular complexity index is 631. The molecule has 24 heavy (non-hydrogen) atoms. The van der Waals surface area contributed by atoms with E-state index in [1.54, 1.807) is 0 Å². The highest BCUT2D eigenvalue weighted by Gasteiger charge is 2.19. The normalized spacial score (nSPS) is 16.9. The fraction of sp³-hybridized carbons (Fsp3) is 0.632. The standard InChI is InChI=1S/C19H30N4O/c1-3-9-21-10-12-22(13-11-21)16-19-20-17-7-5-6-8-18(17)23(19)14-15-24-4-2/h5-8H,3-4,9-16H2,1-2H3. The number of hydrogen-bond acceptors (Lipinski definition) is 4. The minimum absolute atomic E-state index is 0.744. The van der Waals surface area contributed by atoms with Crippen LogP contribution < -0.4 is 0 Å². The maximum atomic E-state index is 5.57. The lowest BCUT2D eigenvalue weighted by atomic mass is 10.3. The molecule has 0 atom stereocenters. The zero-order chi connectivity index (χ0) is 16.8. The summed E-state index contributed by atoms with van der Waals surface area (Å²) in [5, 5.41) is 0. The van der Waals surface area contributed by atoms with Gasteiger partial charge in [-0.3, -0.25) is 4.90 Å². The van der Waals surface area contributed by atoms with Gasteiger partial charge in [0.15, 0.2) is 0 Å². The predicted octanol–water partition coefficient (Wildman–Crippen LogP) is 2.60. The second kappa shape index (κ2) is 8.60. The first-order valence-corrected chi connectivity index (χ1v) is 9.28. The first kappa shape index (κ1) is 17.4. The number of benzene rings is 1. The van der Waals surface area contributed by atoms with Crippen molar-refractivity contribution in [3.8, 4) is 0 Å². The molecule has 0 bridgehead atoms. The van der Waals surface area contributed by atoms with Gasteiger partial charge >= 0.3 is 0 Å². The van der Waals surface area contributed by atoms with Gasteiger partial charge in [0.05, 0.1) is 24.2 Å². The van der Waals surface area contributed by atoms with Gasteiger partial charge in [0.25, 0.3) is 0 Å². The van der Waals surface area contributed by atoms with E-state index in [-0.39, 0.29) is 0 Å². The number of hydrogen-bond donors (Lipinski definition) is 0. The minimum atomic E-state index is 0.744. The average Bonchev–Trinajstić information content (AvgIpc) is 2.95. The van der Waals surface area contributed by atoms with Crippen LogP contribution >= 0.6 is 0 Å². The van der Waals surface area contributed by atoms with Crippen molar-refractivity contribution in [2.24, 2.45) is 0 Å². The summed E-state index contributed by atoms with van der Waals surface area (Å²) >= 11 is 0. The third-order valence-electron chi connectivity index (χ3n) is 4.77. The van der Waals surface area contributed by atoms with E-state index in [4.69, 9.17) is 9.72 Å². The number of aromatic nitrogens is 2. The number of piperazine rings is 1. The van der Waals surface area contributed by atoms with E-state index in [0.717, 1.165) is 44.9 Å². The molecule has 0 radical (unpaired) electrons. The summed E-state index contributed by atoms with van der Waals surface area (Å²) in [4.78, 5) is 9.99. The number of fused-ring (bicyclic) bond motifs is 1. The monoisotopic (exact) mass is 330 g/mol. The fourth-order valence-corrected chi connectivity index (χ4v) is 3.48. The molecule has 2 heterocycles. The summed E-state index contributed by atoms with van der Waals surface area (Å²) in [6.07, 6.45) is 1.24. The second-order valence-electron chi connectivity index (χ2n) is 6.48. The van der Waals surface area contributed by atoms with Crippen molar-refractivity contribution in [1.29, 1.82) is 0 Å². The van der Waals surface area contributed by atoms with Gasteiger partial charge in [-0.25, -0.2) is 4.98 Å². The molecular weight excluding hydrogens is 300 g/mol. The highest BCUT2D eigenvalue weighted by Crippen LogP contribution is 2.18. The maximum Gasteiger partial charge on any atom is 0.124 e. The molecule has 0 spiro atoms. The number of rotatable bonds is 8. The van der Waals surface area contributed by atoms with Crippen LogP contribution in [0.3, 0.4) is 0 Å². The van der Waals surface area contributed by atoms with Crippen molar-refractivity contribution >= 4 is 11.0 Å². The second-order valence-corrected chi connectivity index (χ2v) is 6.48. The summed E-state index contributed by atoms with van der Waals surface area (Å²) in [6.45, 7) is 13.5. The van der Waals surface area contributed by atoms with E-state index in [2.05, 4.69) is 45.6 Å². The summed E-state index contributed by atoms with van der Waals surface area (Å²) in [5.74, 6) is 1.17. The molecule has 3 rings (SSSR count). The topological polar surface area (TPSA) is 33.5 Å². The van der Waals surface area contributed by atoms with Crippen molar-refractivity contribution in [2.45, 2.75) is 33.4 Å². The minimum Gasteiger partial charge on any atom is -0.380 e. The van der Waals surface area contributed by atoms with Crippen LogP contribution in [0.5, 0.6) is 0 Å². The Morgan fingerprint density at radius 3 is 2.50 bits per heavy atom. The van der Waals surface area contributed by atoms with Gasteiger partial charge in [0.1, 0.15) is 5.82 Å². The van der Waals surface area contributed by atoms with Gasteiger partial charge in [-0.05, 0) is 32.0 Å². The van der Waals surface area contributed by atoms with Gasteiger partial charge in [0, 0.05) is 39.3 Å². The zero-order valence-corrected chi connectivity index (χ0v) is 15.1. The summed E-state index contributed by atoms with van der Waals surface area (Å²) < 4.78 is 7.91. The van der Waals surface area contributed by atoms with Crippen LogP contribution in [0.4, 0.5) is 0 Å².